The Hall–Kier alpha value is -1.68. The molecule has 4 heteroatoms. The summed E-state index contributed by atoms with van der Waals surface area (Å²) in [5.74, 6) is 0.639. The lowest BCUT2D eigenvalue weighted by molar-refractivity contribution is 0.0949. The largest absolute Gasteiger partial charge is 0.473 e. The van der Waals surface area contributed by atoms with Crippen molar-refractivity contribution < 1.29 is 4.74 Å². The maximum atomic E-state index is 5.81. The summed E-state index contributed by atoms with van der Waals surface area (Å²) in [6, 6.07) is 8.10. The first-order chi connectivity index (χ1) is 8.22. The fourth-order valence-electron chi connectivity index (χ4n) is 2.04. The monoisotopic (exact) mass is 229 g/mol. The smallest absolute Gasteiger partial charge is 0.236 e. The molecule has 0 saturated heterocycles. The number of aromatic nitrogens is 2. The zero-order valence-corrected chi connectivity index (χ0v) is 9.76. The predicted molar refractivity (Wildman–Crippen MR) is 65.9 cm³/mol. The molecular formula is C13H15N3O. The van der Waals surface area contributed by atoms with Crippen molar-refractivity contribution in [3.05, 3.63) is 30.0 Å². The summed E-state index contributed by atoms with van der Waals surface area (Å²) in [7, 11) is 0. The SMILES string of the molecule is Cc1nc2ccccc2nc1OC1CC(N)C1. The van der Waals surface area contributed by atoms with Crippen molar-refractivity contribution in [2.75, 3.05) is 0 Å². The summed E-state index contributed by atoms with van der Waals surface area (Å²) in [6.07, 6.45) is 2.03. The van der Waals surface area contributed by atoms with E-state index in [-0.39, 0.29) is 12.1 Å². The van der Waals surface area contributed by atoms with Gasteiger partial charge in [-0.25, -0.2) is 9.97 Å². The van der Waals surface area contributed by atoms with Gasteiger partial charge in [-0.3, -0.25) is 0 Å². The average molecular weight is 229 g/mol. The molecule has 0 bridgehead atoms. The van der Waals surface area contributed by atoms with Crippen LogP contribution in [0.25, 0.3) is 11.0 Å². The van der Waals surface area contributed by atoms with Crippen molar-refractivity contribution in [3.8, 4) is 5.88 Å². The van der Waals surface area contributed by atoms with Gasteiger partial charge in [0.25, 0.3) is 0 Å². The van der Waals surface area contributed by atoms with Crippen LogP contribution in [0.4, 0.5) is 0 Å². The van der Waals surface area contributed by atoms with Crippen LogP contribution in [0.15, 0.2) is 24.3 Å². The normalized spacial score (nSPS) is 23.4. The van der Waals surface area contributed by atoms with Crippen molar-refractivity contribution in [3.63, 3.8) is 0 Å². The van der Waals surface area contributed by atoms with Gasteiger partial charge in [0.05, 0.1) is 11.0 Å². The molecule has 17 heavy (non-hydrogen) atoms. The molecule has 3 rings (SSSR count). The number of para-hydroxylation sites is 2. The van der Waals surface area contributed by atoms with E-state index < -0.39 is 0 Å². The maximum Gasteiger partial charge on any atom is 0.236 e. The number of hydrogen-bond donors (Lipinski definition) is 1. The number of benzene rings is 1. The van der Waals surface area contributed by atoms with E-state index in [0.29, 0.717) is 5.88 Å². The highest BCUT2D eigenvalue weighted by Gasteiger charge is 2.28. The van der Waals surface area contributed by atoms with E-state index in [1.54, 1.807) is 0 Å². The fourth-order valence-corrected chi connectivity index (χ4v) is 2.04. The molecule has 0 unspecified atom stereocenters. The summed E-state index contributed by atoms with van der Waals surface area (Å²) >= 11 is 0. The van der Waals surface area contributed by atoms with Gasteiger partial charge in [-0.15, -0.1) is 0 Å². The molecule has 1 saturated carbocycles. The van der Waals surface area contributed by atoms with Crippen LogP contribution in [-0.2, 0) is 0 Å². The molecular weight excluding hydrogens is 214 g/mol. The van der Waals surface area contributed by atoms with Crippen molar-refractivity contribution >= 4 is 11.0 Å². The van der Waals surface area contributed by atoms with Crippen LogP contribution in [-0.4, -0.2) is 22.1 Å². The highest BCUT2D eigenvalue weighted by atomic mass is 16.5. The molecule has 0 radical (unpaired) electrons. The lowest BCUT2D eigenvalue weighted by atomic mass is 9.90. The molecule has 1 aromatic heterocycles. The fraction of sp³-hybridized carbons (Fsp3) is 0.385. The van der Waals surface area contributed by atoms with Gasteiger partial charge >= 0.3 is 0 Å². The number of nitrogens with two attached hydrogens (primary N) is 1. The van der Waals surface area contributed by atoms with Crippen LogP contribution < -0.4 is 10.5 Å². The summed E-state index contributed by atoms with van der Waals surface area (Å²) in [6.45, 7) is 1.92. The Kier molecular flexibility index (Phi) is 2.44. The number of fused-ring (bicyclic) bond motifs is 1. The first-order valence-electron chi connectivity index (χ1n) is 5.88. The standard InChI is InChI=1S/C13H15N3O/c1-8-13(17-10-6-9(14)7-10)16-12-5-3-2-4-11(12)15-8/h2-5,9-10H,6-7,14H2,1H3. The van der Waals surface area contributed by atoms with Crippen molar-refractivity contribution in [1.29, 1.82) is 0 Å². The van der Waals surface area contributed by atoms with Gasteiger partial charge in [0.2, 0.25) is 5.88 Å². The van der Waals surface area contributed by atoms with E-state index in [4.69, 9.17) is 10.5 Å². The number of nitrogens with zero attached hydrogens (tertiary/aromatic N) is 2. The average Bonchev–Trinajstić information content (AvgIpc) is 2.28. The molecule has 1 heterocycles. The number of hydrogen-bond acceptors (Lipinski definition) is 4. The summed E-state index contributed by atoms with van der Waals surface area (Å²) in [5.41, 5.74) is 8.35. The van der Waals surface area contributed by atoms with E-state index in [1.165, 1.54) is 0 Å². The van der Waals surface area contributed by atoms with Gasteiger partial charge in [-0.1, -0.05) is 12.1 Å². The van der Waals surface area contributed by atoms with E-state index in [9.17, 15) is 0 Å². The third kappa shape index (κ3) is 1.96. The number of aryl methyl sites for hydroxylation is 1. The summed E-state index contributed by atoms with van der Waals surface area (Å²) in [5, 5.41) is 0. The van der Waals surface area contributed by atoms with Crippen molar-refractivity contribution in [2.45, 2.75) is 31.9 Å². The molecule has 0 atom stereocenters. The van der Waals surface area contributed by atoms with Crippen LogP contribution in [0, 0.1) is 6.92 Å². The Morgan fingerprint density at radius 1 is 1.18 bits per heavy atom. The molecule has 0 aliphatic heterocycles. The zero-order chi connectivity index (χ0) is 11.8. The molecule has 1 aliphatic rings. The minimum atomic E-state index is 0.208. The van der Waals surface area contributed by atoms with E-state index in [1.807, 2.05) is 31.2 Å². The Morgan fingerprint density at radius 3 is 2.47 bits per heavy atom. The molecule has 1 fully saturated rings. The maximum absolute atomic E-state index is 5.81. The quantitative estimate of drug-likeness (QED) is 0.853. The minimum Gasteiger partial charge on any atom is -0.473 e. The molecule has 2 aromatic rings. The highest BCUT2D eigenvalue weighted by Crippen LogP contribution is 2.26. The molecule has 4 nitrogen and oxygen atoms in total. The van der Waals surface area contributed by atoms with Crippen molar-refractivity contribution in [1.82, 2.24) is 9.97 Å². The molecule has 0 spiro atoms. The first-order valence-corrected chi connectivity index (χ1v) is 5.88. The van der Waals surface area contributed by atoms with E-state index in [2.05, 4.69) is 9.97 Å². The second-order valence-corrected chi connectivity index (χ2v) is 4.57. The van der Waals surface area contributed by atoms with Crippen molar-refractivity contribution in [2.24, 2.45) is 5.73 Å². The third-order valence-electron chi connectivity index (χ3n) is 3.11. The molecule has 88 valence electrons. The van der Waals surface area contributed by atoms with Crippen LogP contribution in [0.2, 0.25) is 0 Å². The Balaban J connectivity index is 1.90. The van der Waals surface area contributed by atoms with Crippen LogP contribution >= 0.6 is 0 Å². The summed E-state index contributed by atoms with van der Waals surface area (Å²) in [4.78, 5) is 8.98. The van der Waals surface area contributed by atoms with Gasteiger partial charge in [-0.2, -0.15) is 0 Å². The topological polar surface area (TPSA) is 61.0 Å². The van der Waals surface area contributed by atoms with E-state index in [0.717, 1.165) is 29.6 Å². The van der Waals surface area contributed by atoms with E-state index >= 15 is 0 Å². The van der Waals surface area contributed by atoms with Crippen LogP contribution in [0.1, 0.15) is 18.5 Å². The van der Waals surface area contributed by atoms with Gasteiger partial charge < -0.3 is 10.5 Å². The molecule has 0 amide bonds. The predicted octanol–water partition coefficient (Wildman–Crippen LogP) is 1.81. The minimum absolute atomic E-state index is 0.208. The number of ether oxygens (including phenoxy) is 1. The van der Waals surface area contributed by atoms with Crippen LogP contribution in [0.5, 0.6) is 5.88 Å². The second kappa shape index (κ2) is 3.96. The first kappa shape index (κ1) is 10.5. The van der Waals surface area contributed by atoms with Gasteiger partial charge in [0, 0.05) is 6.04 Å². The zero-order valence-electron chi connectivity index (χ0n) is 9.76. The molecule has 1 aromatic carbocycles. The Bertz CT molecular complexity index is 549. The lowest BCUT2D eigenvalue weighted by Gasteiger charge is -2.32. The highest BCUT2D eigenvalue weighted by molar-refractivity contribution is 5.74. The van der Waals surface area contributed by atoms with Gasteiger partial charge in [0.1, 0.15) is 11.8 Å². The Labute approximate surface area is 99.8 Å². The second-order valence-electron chi connectivity index (χ2n) is 4.57. The molecule has 2 N–H and O–H groups in total. The van der Waals surface area contributed by atoms with Crippen LogP contribution in [0.3, 0.4) is 0 Å². The molecule has 1 aliphatic carbocycles. The van der Waals surface area contributed by atoms with Gasteiger partial charge in [-0.05, 0) is 31.9 Å². The summed E-state index contributed by atoms with van der Waals surface area (Å²) < 4.78 is 5.81. The third-order valence-corrected chi connectivity index (χ3v) is 3.11. The number of rotatable bonds is 2. The Morgan fingerprint density at radius 2 is 1.82 bits per heavy atom. The lowest BCUT2D eigenvalue weighted by Crippen LogP contribution is -2.43. The van der Waals surface area contributed by atoms with Gasteiger partial charge in [0.15, 0.2) is 0 Å².